The molecule has 0 aromatic heterocycles. The molecule has 0 spiro atoms. The number of hydrogen-bond donors (Lipinski definition) is 4. The molecular formula is C8H13N5O2. The van der Waals surface area contributed by atoms with Crippen LogP contribution >= 0.6 is 0 Å². The zero-order chi connectivity index (χ0) is 11.4. The van der Waals surface area contributed by atoms with Gasteiger partial charge >= 0.3 is 0 Å². The van der Waals surface area contributed by atoms with Gasteiger partial charge in [0.1, 0.15) is 5.71 Å². The van der Waals surface area contributed by atoms with Crippen molar-refractivity contribution in [2.75, 3.05) is 13.1 Å². The average molecular weight is 211 g/mol. The maximum atomic E-state index is 10.5. The van der Waals surface area contributed by atoms with Crippen LogP contribution in [0.25, 0.3) is 0 Å². The third-order valence-electron chi connectivity index (χ3n) is 2.01. The molecule has 1 rings (SSSR count). The van der Waals surface area contributed by atoms with E-state index in [2.05, 4.69) is 5.32 Å². The fraction of sp³-hybridized carbons (Fsp3) is 0.375. The summed E-state index contributed by atoms with van der Waals surface area (Å²) in [7, 11) is 0. The number of hydrogen-bond acceptors (Lipinski definition) is 6. The molecule has 82 valence electrons. The monoisotopic (exact) mass is 211 g/mol. The van der Waals surface area contributed by atoms with E-state index in [0.717, 1.165) is 0 Å². The fourth-order valence-electron chi connectivity index (χ4n) is 1.22. The first kappa shape index (κ1) is 11.3. The quantitative estimate of drug-likeness (QED) is 0.347. The Morgan fingerprint density at radius 3 is 2.80 bits per heavy atom. The van der Waals surface area contributed by atoms with E-state index in [9.17, 15) is 10.1 Å². The molecule has 0 aromatic carbocycles. The fourth-order valence-corrected chi connectivity index (χ4v) is 1.22. The zero-order valence-electron chi connectivity index (χ0n) is 8.06. The van der Waals surface area contributed by atoms with Crippen molar-refractivity contribution >= 4 is 5.71 Å². The first-order valence-corrected chi connectivity index (χ1v) is 4.42. The molecular weight excluding hydrogens is 198 g/mol. The first-order chi connectivity index (χ1) is 7.07. The highest BCUT2D eigenvalue weighted by Crippen LogP contribution is 2.12. The largest absolute Gasteiger partial charge is 0.385 e. The van der Waals surface area contributed by atoms with Crippen molar-refractivity contribution < 1.29 is 4.92 Å². The highest BCUT2D eigenvalue weighted by Gasteiger charge is 2.28. The van der Waals surface area contributed by atoms with E-state index in [1.165, 1.54) is 12.2 Å². The maximum absolute atomic E-state index is 10.5. The third kappa shape index (κ3) is 2.39. The van der Waals surface area contributed by atoms with Gasteiger partial charge in [-0.3, -0.25) is 15.5 Å². The van der Waals surface area contributed by atoms with Gasteiger partial charge in [-0.2, -0.15) is 0 Å². The van der Waals surface area contributed by atoms with Crippen molar-refractivity contribution in [2.45, 2.75) is 6.04 Å². The van der Waals surface area contributed by atoms with Crippen molar-refractivity contribution in [1.82, 2.24) is 5.32 Å². The number of nitrogens with one attached hydrogen (secondary N) is 2. The summed E-state index contributed by atoms with van der Waals surface area (Å²) in [5, 5.41) is 20.9. The molecule has 0 amide bonds. The van der Waals surface area contributed by atoms with Gasteiger partial charge in [-0.25, -0.2) is 0 Å². The number of rotatable bonds is 4. The molecule has 7 heteroatoms. The third-order valence-corrected chi connectivity index (χ3v) is 2.01. The van der Waals surface area contributed by atoms with Gasteiger partial charge in [0.05, 0.1) is 11.0 Å². The molecule has 6 N–H and O–H groups in total. The van der Waals surface area contributed by atoms with Crippen LogP contribution in [0.5, 0.6) is 0 Å². The maximum Gasteiger partial charge on any atom is 0.292 e. The van der Waals surface area contributed by atoms with Gasteiger partial charge in [-0.05, 0) is 6.08 Å². The second-order valence-corrected chi connectivity index (χ2v) is 3.04. The van der Waals surface area contributed by atoms with Gasteiger partial charge in [0.25, 0.3) is 5.70 Å². The summed E-state index contributed by atoms with van der Waals surface area (Å²) in [6, 6.07) is -0.776. The Hall–Kier alpha value is -1.73. The average Bonchev–Trinajstić information content (AvgIpc) is 2.20. The van der Waals surface area contributed by atoms with Crippen LogP contribution in [-0.2, 0) is 0 Å². The van der Waals surface area contributed by atoms with Gasteiger partial charge in [0, 0.05) is 24.9 Å². The van der Waals surface area contributed by atoms with Crippen LogP contribution in [0, 0.1) is 15.5 Å². The zero-order valence-corrected chi connectivity index (χ0v) is 8.06. The molecule has 0 saturated carbocycles. The van der Waals surface area contributed by atoms with Crippen molar-refractivity contribution in [3.05, 3.63) is 33.7 Å². The number of nitrogens with zero attached hydrogens (tertiary/aromatic N) is 1. The van der Waals surface area contributed by atoms with Gasteiger partial charge in [-0.15, -0.1) is 0 Å². The second-order valence-electron chi connectivity index (χ2n) is 3.04. The lowest BCUT2D eigenvalue weighted by atomic mass is 10.0. The van der Waals surface area contributed by atoms with Crippen LogP contribution < -0.4 is 16.8 Å². The van der Waals surface area contributed by atoms with Crippen LogP contribution in [0.4, 0.5) is 0 Å². The topological polar surface area (TPSA) is 131 Å². The number of allylic oxidation sites excluding steroid dienone is 2. The van der Waals surface area contributed by atoms with E-state index in [0.29, 0.717) is 18.8 Å². The molecule has 15 heavy (non-hydrogen) atoms. The van der Waals surface area contributed by atoms with Gasteiger partial charge in [0.15, 0.2) is 0 Å². The Morgan fingerprint density at radius 1 is 1.60 bits per heavy atom. The lowest BCUT2D eigenvalue weighted by Gasteiger charge is -2.19. The smallest absolute Gasteiger partial charge is 0.292 e. The Bertz CT molecular complexity index is 347. The molecule has 0 fully saturated rings. The summed E-state index contributed by atoms with van der Waals surface area (Å²) < 4.78 is 0. The SMILES string of the molecule is N=C1C([N+](=O)[O-])=CC=C(NCCN)C1N. The van der Waals surface area contributed by atoms with Crippen LogP contribution in [-0.4, -0.2) is 29.8 Å². The Morgan fingerprint density at radius 2 is 2.27 bits per heavy atom. The molecule has 0 aliphatic heterocycles. The predicted octanol–water partition coefficient (Wildman–Crippen LogP) is -1.06. The molecule has 0 bridgehead atoms. The summed E-state index contributed by atoms with van der Waals surface area (Å²) in [6.07, 6.45) is 2.78. The van der Waals surface area contributed by atoms with Crippen LogP contribution in [0.15, 0.2) is 23.5 Å². The van der Waals surface area contributed by atoms with Crippen molar-refractivity contribution in [2.24, 2.45) is 11.5 Å². The van der Waals surface area contributed by atoms with Gasteiger partial charge in [0.2, 0.25) is 0 Å². The van der Waals surface area contributed by atoms with Crippen LogP contribution in [0.1, 0.15) is 0 Å². The summed E-state index contributed by atoms with van der Waals surface area (Å²) in [4.78, 5) is 9.89. The Kier molecular flexibility index (Phi) is 3.53. The van der Waals surface area contributed by atoms with E-state index in [1.54, 1.807) is 0 Å². The molecule has 0 saturated heterocycles. The predicted molar refractivity (Wildman–Crippen MR) is 55.9 cm³/mol. The Balaban J connectivity index is 2.85. The minimum Gasteiger partial charge on any atom is -0.385 e. The van der Waals surface area contributed by atoms with E-state index in [-0.39, 0.29) is 11.4 Å². The summed E-state index contributed by atoms with van der Waals surface area (Å²) in [5.74, 6) is 0. The van der Waals surface area contributed by atoms with Crippen LogP contribution in [0.3, 0.4) is 0 Å². The normalized spacial score (nSPS) is 20.7. The highest BCUT2D eigenvalue weighted by molar-refractivity contribution is 6.02. The highest BCUT2D eigenvalue weighted by atomic mass is 16.6. The van der Waals surface area contributed by atoms with Crippen molar-refractivity contribution in [3.8, 4) is 0 Å². The van der Waals surface area contributed by atoms with E-state index in [4.69, 9.17) is 16.9 Å². The molecule has 0 radical (unpaired) electrons. The lowest BCUT2D eigenvalue weighted by Crippen LogP contribution is -2.42. The van der Waals surface area contributed by atoms with Crippen LogP contribution in [0.2, 0.25) is 0 Å². The molecule has 1 atom stereocenters. The Labute approximate surface area is 86.5 Å². The number of nitro groups is 1. The van der Waals surface area contributed by atoms with Crippen molar-refractivity contribution in [1.29, 1.82) is 5.41 Å². The summed E-state index contributed by atoms with van der Waals surface area (Å²) >= 11 is 0. The molecule has 1 aliphatic carbocycles. The summed E-state index contributed by atoms with van der Waals surface area (Å²) in [6.45, 7) is 0.956. The standard InChI is InChI=1S/C8H13N5O2/c9-3-4-12-5-1-2-6(13(14)15)8(11)7(5)10/h1-2,7,11-12H,3-4,9-10H2. The van der Waals surface area contributed by atoms with E-state index >= 15 is 0 Å². The minimum absolute atomic E-state index is 0.193. The van der Waals surface area contributed by atoms with Gasteiger partial charge in [-0.1, -0.05) is 0 Å². The lowest BCUT2D eigenvalue weighted by molar-refractivity contribution is -0.415. The summed E-state index contributed by atoms with van der Waals surface area (Å²) in [5.41, 5.74) is 11.1. The minimum atomic E-state index is -0.776. The molecule has 0 heterocycles. The molecule has 1 aliphatic rings. The van der Waals surface area contributed by atoms with E-state index < -0.39 is 11.0 Å². The molecule has 0 aromatic rings. The molecule has 1 unspecified atom stereocenters. The first-order valence-electron chi connectivity index (χ1n) is 4.42. The second kappa shape index (κ2) is 4.67. The molecule has 7 nitrogen and oxygen atoms in total. The van der Waals surface area contributed by atoms with E-state index in [1.807, 2.05) is 0 Å². The van der Waals surface area contributed by atoms with Crippen molar-refractivity contribution in [3.63, 3.8) is 0 Å². The van der Waals surface area contributed by atoms with Gasteiger partial charge < -0.3 is 16.8 Å². The number of nitrogens with two attached hydrogens (primary N) is 2.